The minimum Gasteiger partial charge on any atom is -0.465 e. The number of nitrogens with zero attached hydrogens (tertiary/aromatic N) is 3. The number of aromatic nitrogens is 2. The van der Waals surface area contributed by atoms with Gasteiger partial charge in [0.2, 0.25) is 0 Å². The lowest BCUT2D eigenvalue weighted by Gasteiger charge is -2.31. The van der Waals surface area contributed by atoms with Gasteiger partial charge in [0.1, 0.15) is 11.5 Å². The van der Waals surface area contributed by atoms with Gasteiger partial charge in [0.15, 0.2) is 0 Å². The molecule has 33 heavy (non-hydrogen) atoms. The van der Waals surface area contributed by atoms with Crippen LogP contribution >= 0.6 is 0 Å². The minimum atomic E-state index is -1.23. The van der Waals surface area contributed by atoms with Crippen LogP contribution in [0.15, 0.2) is 41.4 Å². The Morgan fingerprint density at radius 3 is 2.79 bits per heavy atom. The van der Waals surface area contributed by atoms with E-state index < -0.39 is 34.7 Å². The van der Waals surface area contributed by atoms with E-state index in [0.29, 0.717) is 21.9 Å². The van der Waals surface area contributed by atoms with Crippen molar-refractivity contribution in [2.75, 3.05) is 33.0 Å². The highest BCUT2D eigenvalue weighted by Gasteiger charge is 2.27. The summed E-state index contributed by atoms with van der Waals surface area (Å²) in [6.07, 6.45) is 2.09. The third-order valence-electron chi connectivity index (χ3n) is 5.57. The van der Waals surface area contributed by atoms with Crippen molar-refractivity contribution in [2.24, 2.45) is 0 Å². The summed E-state index contributed by atoms with van der Waals surface area (Å²) in [7, 11) is 0.241. The van der Waals surface area contributed by atoms with Crippen LogP contribution in [0.1, 0.15) is 16.1 Å². The molecule has 1 aliphatic heterocycles. The Labute approximate surface area is 191 Å². The number of morpholine rings is 1. The van der Waals surface area contributed by atoms with Crippen LogP contribution in [0.5, 0.6) is 0 Å². The van der Waals surface area contributed by atoms with Gasteiger partial charge in [-0.2, -0.15) is 0 Å². The predicted molar refractivity (Wildman–Crippen MR) is 119 cm³/mol. The lowest BCUT2D eigenvalue weighted by Crippen LogP contribution is -2.45. The van der Waals surface area contributed by atoms with Gasteiger partial charge >= 0.3 is 6.09 Å². The fraction of sp³-hybridized carbons (Fsp3) is 0.318. The summed E-state index contributed by atoms with van der Waals surface area (Å²) >= 11 is 0. The molecule has 0 saturated carbocycles. The highest BCUT2D eigenvalue weighted by molar-refractivity contribution is 7.84. The highest BCUT2D eigenvalue weighted by Crippen LogP contribution is 2.30. The third kappa shape index (κ3) is 4.60. The van der Waals surface area contributed by atoms with Crippen molar-refractivity contribution in [3.63, 3.8) is 0 Å². The lowest BCUT2D eigenvalue weighted by molar-refractivity contribution is -0.0214. The number of imidazole rings is 1. The number of pyridine rings is 1. The molecule has 2 aromatic heterocycles. The number of halogens is 1. The summed E-state index contributed by atoms with van der Waals surface area (Å²) in [5.41, 5.74) is 1.84. The first-order chi connectivity index (χ1) is 15.8. The van der Waals surface area contributed by atoms with Crippen LogP contribution in [-0.4, -0.2) is 74.7 Å². The number of carbonyl (C=O) groups excluding carboxylic acids is 1. The second-order valence-corrected chi connectivity index (χ2v) is 9.03. The molecule has 3 heterocycles. The molecule has 1 aliphatic rings. The molecule has 3 aromatic rings. The summed E-state index contributed by atoms with van der Waals surface area (Å²) in [4.78, 5) is 29.7. The molecule has 174 valence electrons. The maximum atomic E-state index is 15.1. The van der Waals surface area contributed by atoms with Crippen molar-refractivity contribution in [3.8, 4) is 11.3 Å². The first kappa shape index (κ1) is 22.9. The van der Waals surface area contributed by atoms with Crippen LogP contribution in [0.4, 0.5) is 9.18 Å². The molecular formula is C22H23FN4O5S. The Balaban J connectivity index is 1.80. The SMILES string of the molecule is CNC(=O)c1ccc(-c2nc3cc(S(C)=O)ccn3c2C[C@H]2CN(C(=O)O)CCO2)c(F)c1. The zero-order chi connectivity index (χ0) is 23.7. The molecule has 2 amide bonds. The number of carboxylic acid groups (broad SMARTS) is 1. The quantitative estimate of drug-likeness (QED) is 0.586. The fourth-order valence-corrected chi connectivity index (χ4v) is 4.42. The van der Waals surface area contributed by atoms with E-state index in [2.05, 4.69) is 10.3 Å². The average molecular weight is 475 g/mol. The fourth-order valence-electron chi connectivity index (χ4n) is 3.89. The highest BCUT2D eigenvalue weighted by atomic mass is 32.2. The van der Waals surface area contributed by atoms with E-state index in [-0.39, 0.29) is 37.2 Å². The summed E-state index contributed by atoms with van der Waals surface area (Å²) in [6.45, 7) is 0.724. The number of fused-ring (bicyclic) bond motifs is 1. The molecule has 0 spiro atoms. The van der Waals surface area contributed by atoms with E-state index in [1.807, 2.05) is 0 Å². The van der Waals surface area contributed by atoms with Gasteiger partial charge in [-0.15, -0.1) is 0 Å². The molecule has 1 saturated heterocycles. The van der Waals surface area contributed by atoms with E-state index in [1.165, 1.54) is 24.1 Å². The van der Waals surface area contributed by atoms with Gasteiger partial charge in [-0.3, -0.25) is 9.00 Å². The van der Waals surface area contributed by atoms with Crippen molar-refractivity contribution in [1.82, 2.24) is 19.6 Å². The number of hydrogen-bond acceptors (Lipinski definition) is 5. The van der Waals surface area contributed by atoms with Gasteiger partial charge in [-0.05, 0) is 30.3 Å². The molecule has 0 radical (unpaired) electrons. The van der Waals surface area contributed by atoms with Crippen LogP contribution in [0.25, 0.3) is 16.9 Å². The average Bonchev–Trinajstić information content (AvgIpc) is 3.15. The number of amides is 2. The Morgan fingerprint density at radius 1 is 1.33 bits per heavy atom. The second kappa shape index (κ2) is 9.28. The molecule has 1 aromatic carbocycles. The largest absolute Gasteiger partial charge is 0.465 e. The molecule has 2 atom stereocenters. The Morgan fingerprint density at radius 2 is 2.12 bits per heavy atom. The van der Waals surface area contributed by atoms with Crippen LogP contribution in [-0.2, 0) is 22.0 Å². The minimum absolute atomic E-state index is 0.178. The van der Waals surface area contributed by atoms with E-state index in [0.717, 1.165) is 6.07 Å². The summed E-state index contributed by atoms with van der Waals surface area (Å²) in [6, 6.07) is 7.54. The normalized spacial score (nSPS) is 17.2. The number of nitrogens with one attached hydrogen (secondary N) is 1. The zero-order valence-corrected chi connectivity index (χ0v) is 18.9. The van der Waals surface area contributed by atoms with Crippen molar-refractivity contribution >= 4 is 28.4 Å². The number of hydrogen-bond donors (Lipinski definition) is 2. The van der Waals surface area contributed by atoms with E-state index in [4.69, 9.17) is 4.74 Å². The maximum absolute atomic E-state index is 15.1. The van der Waals surface area contributed by atoms with Crippen molar-refractivity contribution in [3.05, 3.63) is 53.6 Å². The van der Waals surface area contributed by atoms with Crippen LogP contribution < -0.4 is 5.32 Å². The van der Waals surface area contributed by atoms with Gasteiger partial charge < -0.3 is 24.5 Å². The molecule has 9 nitrogen and oxygen atoms in total. The standard InChI is InChI=1S/C22H23FN4O5S/c1-24-21(28)13-3-4-16(17(23)9-13)20-18(10-14-12-26(22(29)30)7-8-32-14)27-6-5-15(33(2)31)11-19(27)25-20/h3-6,9,11,14H,7-8,10,12H2,1-2H3,(H,24,28)(H,29,30)/t14-,33?/m0/s1. The van der Waals surface area contributed by atoms with Crippen molar-refractivity contribution in [1.29, 1.82) is 0 Å². The third-order valence-corrected chi connectivity index (χ3v) is 6.49. The smallest absolute Gasteiger partial charge is 0.407 e. The van der Waals surface area contributed by atoms with Crippen LogP contribution in [0.2, 0.25) is 0 Å². The first-order valence-electron chi connectivity index (χ1n) is 10.2. The van der Waals surface area contributed by atoms with Crippen LogP contribution in [0, 0.1) is 5.82 Å². The first-order valence-corrected chi connectivity index (χ1v) is 11.8. The van der Waals surface area contributed by atoms with E-state index in [1.54, 1.807) is 29.0 Å². The lowest BCUT2D eigenvalue weighted by atomic mass is 10.0. The zero-order valence-electron chi connectivity index (χ0n) is 18.1. The molecule has 0 aliphatic carbocycles. The molecule has 11 heteroatoms. The summed E-state index contributed by atoms with van der Waals surface area (Å²) in [5, 5.41) is 11.8. The Kier molecular flexibility index (Phi) is 6.43. The molecule has 1 unspecified atom stereocenters. The van der Waals surface area contributed by atoms with Gasteiger partial charge in [0.05, 0.1) is 30.6 Å². The summed E-state index contributed by atoms with van der Waals surface area (Å²) < 4.78 is 34.6. The topological polar surface area (TPSA) is 113 Å². The molecule has 2 N–H and O–H groups in total. The van der Waals surface area contributed by atoms with Gasteiger partial charge in [-0.25, -0.2) is 14.2 Å². The Hall–Kier alpha value is -3.31. The van der Waals surface area contributed by atoms with Crippen molar-refractivity contribution < 1.29 is 28.0 Å². The summed E-state index contributed by atoms with van der Waals surface area (Å²) in [5.74, 6) is -1.02. The van der Waals surface area contributed by atoms with Gasteiger partial charge in [-0.1, -0.05) is 0 Å². The molecule has 4 rings (SSSR count). The molecule has 0 bridgehead atoms. The number of ether oxygens (including phenoxy) is 1. The maximum Gasteiger partial charge on any atom is 0.407 e. The number of benzene rings is 1. The number of carbonyl (C=O) groups is 2. The second-order valence-electron chi connectivity index (χ2n) is 7.65. The molecule has 1 fully saturated rings. The predicted octanol–water partition coefficient (Wildman–Crippen LogP) is 2.16. The van der Waals surface area contributed by atoms with Gasteiger partial charge in [0.25, 0.3) is 5.91 Å². The molecular weight excluding hydrogens is 451 g/mol. The van der Waals surface area contributed by atoms with E-state index in [9.17, 15) is 18.9 Å². The van der Waals surface area contributed by atoms with E-state index >= 15 is 4.39 Å². The van der Waals surface area contributed by atoms with Gasteiger partial charge in [0, 0.05) is 59.3 Å². The van der Waals surface area contributed by atoms with Crippen LogP contribution in [0.3, 0.4) is 0 Å². The van der Waals surface area contributed by atoms with Crippen molar-refractivity contribution in [2.45, 2.75) is 17.4 Å². The monoisotopic (exact) mass is 474 g/mol. The number of rotatable bonds is 5. The Bertz CT molecular complexity index is 1260.